The molecule has 3 aromatic rings. The molecular weight excluding hydrogens is 422 g/mol. The molecule has 1 aliphatic heterocycles. The van der Waals surface area contributed by atoms with E-state index >= 15 is 0 Å². The summed E-state index contributed by atoms with van der Waals surface area (Å²) in [6.07, 6.45) is 2.21. The van der Waals surface area contributed by atoms with Gasteiger partial charge in [0.2, 0.25) is 5.91 Å². The summed E-state index contributed by atoms with van der Waals surface area (Å²) in [7, 11) is 1.63. The summed E-state index contributed by atoms with van der Waals surface area (Å²) in [6, 6.07) is 11.8. The topological polar surface area (TPSA) is 74.4 Å². The Morgan fingerprint density at radius 1 is 1.22 bits per heavy atom. The fourth-order valence-corrected chi connectivity index (χ4v) is 5.34. The monoisotopic (exact) mass is 453 g/mol. The minimum Gasteiger partial charge on any atom is -0.497 e. The van der Waals surface area contributed by atoms with Gasteiger partial charge in [0.15, 0.2) is 0 Å². The first-order chi connectivity index (χ1) is 15.4. The molecule has 0 bridgehead atoms. The van der Waals surface area contributed by atoms with E-state index in [9.17, 15) is 9.59 Å². The van der Waals surface area contributed by atoms with Gasteiger partial charge in [0.25, 0.3) is 5.91 Å². The second kappa shape index (κ2) is 9.77. The number of amides is 2. The van der Waals surface area contributed by atoms with E-state index in [0.717, 1.165) is 29.5 Å². The largest absolute Gasteiger partial charge is 0.497 e. The van der Waals surface area contributed by atoms with Gasteiger partial charge in [-0.1, -0.05) is 19.9 Å². The summed E-state index contributed by atoms with van der Waals surface area (Å²) in [5, 5.41) is 6.27. The van der Waals surface area contributed by atoms with Crippen LogP contribution in [0.4, 0.5) is 0 Å². The summed E-state index contributed by atoms with van der Waals surface area (Å²) in [6.45, 7) is 5.62. The van der Waals surface area contributed by atoms with E-state index in [4.69, 9.17) is 4.74 Å². The highest BCUT2D eigenvalue weighted by Crippen LogP contribution is 2.28. The minimum absolute atomic E-state index is 0.0145. The number of piperidine rings is 1. The second-order valence-corrected chi connectivity index (χ2v) is 9.86. The van der Waals surface area contributed by atoms with Crippen LogP contribution in [0.5, 0.6) is 5.75 Å². The first-order valence-electron chi connectivity index (χ1n) is 11.2. The number of nitrogens with one attached hydrogen (secondary N) is 2. The first kappa shape index (κ1) is 22.4. The predicted molar refractivity (Wildman–Crippen MR) is 128 cm³/mol. The molecular formula is C25H31N3O3S. The quantitative estimate of drug-likeness (QED) is 0.529. The van der Waals surface area contributed by atoms with Crippen molar-refractivity contribution < 1.29 is 14.3 Å². The van der Waals surface area contributed by atoms with Gasteiger partial charge in [0.05, 0.1) is 13.2 Å². The maximum absolute atomic E-state index is 13.0. The number of ether oxygens (including phenoxy) is 1. The normalized spacial score (nSPS) is 15.8. The van der Waals surface area contributed by atoms with Crippen molar-refractivity contribution in [1.82, 2.24) is 15.2 Å². The first-order valence-corrected chi connectivity index (χ1v) is 12.1. The van der Waals surface area contributed by atoms with Crippen molar-refractivity contribution in [2.75, 3.05) is 20.2 Å². The number of carbonyl (C=O) groups is 2. The number of fused-ring (bicyclic) bond motifs is 1. The maximum Gasteiger partial charge on any atom is 0.270 e. The Kier molecular flexibility index (Phi) is 6.84. The number of hydrogen-bond donors (Lipinski definition) is 2. The predicted octanol–water partition coefficient (Wildman–Crippen LogP) is 4.99. The third-order valence-electron chi connectivity index (χ3n) is 6.27. The lowest BCUT2D eigenvalue weighted by molar-refractivity contribution is -0.123. The molecule has 170 valence electrons. The molecule has 6 nitrogen and oxygen atoms in total. The van der Waals surface area contributed by atoms with Crippen LogP contribution >= 0.6 is 11.3 Å². The van der Waals surface area contributed by atoms with E-state index in [-0.39, 0.29) is 17.9 Å². The summed E-state index contributed by atoms with van der Waals surface area (Å²) >= 11 is 1.68. The number of thiophene rings is 1. The van der Waals surface area contributed by atoms with Gasteiger partial charge in [-0.25, -0.2) is 0 Å². The Morgan fingerprint density at radius 3 is 2.66 bits per heavy atom. The lowest BCUT2D eigenvalue weighted by Crippen LogP contribution is -2.40. The fourth-order valence-electron chi connectivity index (χ4n) is 4.39. The number of benzene rings is 1. The lowest BCUT2D eigenvalue weighted by Gasteiger charge is -2.32. The average molecular weight is 454 g/mol. The van der Waals surface area contributed by atoms with E-state index in [0.29, 0.717) is 37.0 Å². The van der Waals surface area contributed by atoms with Gasteiger partial charge in [0.1, 0.15) is 11.4 Å². The molecule has 0 saturated carbocycles. The highest BCUT2D eigenvalue weighted by molar-refractivity contribution is 7.10. The zero-order chi connectivity index (χ0) is 22.7. The molecule has 0 unspecified atom stereocenters. The standard InChI is InChI=1S/C25H31N3O3S/c1-16(2)24(22-5-4-12-32-22)27-23(29)13-17-8-10-28(11-9-17)25(30)21-14-18-6-7-19(31-3)15-20(18)26-21/h4-7,12,14-17,24,26H,8-11,13H2,1-3H3,(H,27,29)/t24-/m0/s1. The Labute approximate surface area is 193 Å². The van der Waals surface area contributed by atoms with E-state index in [2.05, 4.69) is 30.2 Å². The molecule has 1 aromatic carbocycles. The van der Waals surface area contributed by atoms with Gasteiger partial charge < -0.3 is 19.9 Å². The van der Waals surface area contributed by atoms with Crippen LogP contribution in [0, 0.1) is 11.8 Å². The molecule has 2 aromatic heterocycles. The number of aromatic nitrogens is 1. The Bertz CT molecular complexity index is 1070. The zero-order valence-electron chi connectivity index (χ0n) is 18.9. The van der Waals surface area contributed by atoms with Crippen LogP contribution in [-0.2, 0) is 4.79 Å². The molecule has 0 radical (unpaired) electrons. The van der Waals surface area contributed by atoms with Crippen molar-refractivity contribution >= 4 is 34.1 Å². The van der Waals surface area contributed by atoms with E-state index < -0.39 is 0 Å². The third kappa shape index (κ3) is 4.99. The summed E-state index contributed by atoms with van der Waals surface area (Å²) in [5.74, 6) is 1.53. The number of hydrogen-bond acceptors (Lipinski definition) is 4. The third-order valence-corrected chi connectivity index (χ3v) is 7.22. The van der Waals surface area contributed by atoms with Crippen LogP contribution in [0.3, 0.4) is 0 Å². The molecule has 0 spiro atoms. The molecule has 7 heteroatoms. The van der Waals surface area contributed by atoms with Crippen LogP contribution < -0.4 is 10.1 Å². The van der Waals surface area contributed by atoms with Crippen molar-refractivity contribution in [1.29, 1.82) is 0 Å². The number of likely N-dealkylation sites (tertiary alicyclic amines) is 1. The number of aromatic amines is 1. The molecule has 2 N–H and O–H groups in total. The molecule has 32 heavy (non-hydrogen) atoms. The van der Waals surface area contributed by atoms with Crippen LogP contribution in [0.25, 0.3) is 10.9 Å². The SMILES string of the molecule is COc1ccc2cc(C(=O)N3CCC(CC(=O)N[C@H](c4cccs4)C(C)C)CC3)[nH]c2c1. The highest BCUT2D eigenvalue weighted by atomic mass is 32.1. The zero-order valence-corrected chi connectivity index (χ0v) is 19.7. The smallest absolute Gasteiger partial charge is 0.270 e. The molecule has 4 rings (SSSR count). The van der Waals surface area contributed by atoms with Crippen LogP contribution in [0.2, 0.25) is 0 Å². The number of methoxy groups -OCH3 is 1. The molecule has 2 amide bonds. The van der Waals surface area contributed by atoms with Crippen molar-refractivity contribution in [2.45, 2.75) is 39.2 Å². The lowest BCUT2D eigenvalue weighted by atomic mass is 9.92. The van der Waals surface area contributed by atoms with Crippen molar-refractivity contribution in [3.8, 4) is 5.75 Å². The number of carbonyl (C=O) groups excluding carboxylic acids is 2. The maximum atomic E-state index is 13.0. The van der Waals surface area contributed by atoms with E-state index in [1.165, 1.54) is 4.88 Å². The molecule has 1 atom stereocenters. The number of nitrogens with zero attached hydrogens (tertiary/aromatic N) is 1. The van der Waals surface area contributed by atoms with Gasteiger partial charge in [-0.15, -0.1) is 11.3 Å². The van der Waals surface area contributed by atoms with Crippen molar-refractivity contribution in [2.24, 2.45) is 11.8 Å². The molecule has 0 aliphatic carbocycles. The van der Waals surface area contributed by atoms with Gasteiger partial charge in [-0.05, 0) is 54.3 Å². The second-order valence-electron chi connectivity index (χ2n) is 8.88. The van der Waals surface area contributed by atoms with Crippen molar-refractivity contribution in [3.05, 3.63) is 52.3 Å². The van der Waals surface area contributed by atoms with Crippen molar-refractivity contribution in [3.63, 3.8) is 0 Å². The summed E-state index contributed by atoms with van der Waals surface area (Å²) in [4.78, 5) is 32.0. The van der Waals surface area contributed by atoms with Gasteiger partial charge in [-0.3, -0.25) is 9.59 Å². The molecule has 1 aliphatic rings. The van der Waals surface area contributed by atoms with Gasteiger partial charge >= 0.3 is 0 Å². The number of rotatable bonds is 7. The summed E-state index contributed by atoms with van der Waals surface area (Å²) < 4.78 is 5.26. The number of H-pyrrole nitrogens is 1. The molecule has 3 heterocycles. The Balaban J connectivity index is 1.31. The average Bonchev–Trinajstić information content (AvgIpc) is 3.46. The van der Waals surface area contributed by atoms with Crippen LogP contribution in [0.1, 0.15) is 54.5 Å². The van der Waals surface area contributed by atoms with E-state index in [1.807, 2.05) is 40.6 Å². The Hall–Kier alpha value is -2.80. The van der Waals surface area contributed by atoms with Crippen LogP contribution in [0.15, 0.2) is 41.8 Å². The minimum atomic E-state index is 0.0145. The Morgan fingerprint density at radius 2 is 2.00 bits per heavy atom. The highest BCUT2D eigenvalue weighted by Gasteiger charge is 2.27. The molecule has 1 saturated heterocycles. The molecule has 1 fully saturated rings. The van der Waals surface area contributed by atoms with Crippen LogP contribution in [-0.4, -0.2) is 41.9 Å². The van der Waals surface area contributed by atoms with Gasteiger partial charge in [0, 0.05) is 41.4 Å². The van der Waals surface area contributed by atoms with E-state index in [1.54, 1.807) is 18.4 Å². The van der Waals surface area contributed by atoms with Gasteiger partial charge in [-0.2, -0.15) is 0 Å². The fraction of sp³-hybridized carbons (Fsp3) is 0.440. The summed E-state index contributed by atoms with van der Waals surface area (Å²) in [5.41, 5.74) is 1.49.